The summed E-state index contributed by atoms with van der Waals surface area (Å²) in [6.07, 6.45) is 1.81. The first-order valence-electron chi connectivity index (χ1n) is 11.3. The third-order valence-electron chi connectivity index (χ3n) is 5.85. The van der Waals surface area contributed by atoms with Crippen LogP contribution in [-0.2, 0) is 9.47 Å². The summed E-state index contributed by atoms with van der Waals surface area (Å²) in [5, 5.41) is 4.41. The molecule has 0 unspecified atom stereocenters. The molecular weight excluding hydrogens is 406 g/mol. The number of rotatable bonds is 8. The Morgan fingerprint density at radius 3 is 2.50 bits per heavy atom. The monoisotopic (exact) mass is 439 g/mol. The maximum absolute atomic E-state index is 6.03. The van der Waals surface area contributed by atoms with Gasteiger partial charge in [0.15, 0.2) is 5.82 Å². The van der Waals surface area contributed by atoms with E-state index < -0.39 is 0 Å². The molecule has 2 aliphatic heterocycles. The number of hydrogen-bond donors (Lipinski definition) is 1. The fourth-order valence-electron chi connectivity index (χ4n) is 3.75. The largest absolute Gasteiger partial charge is 0.476 e. The van der Waals surface area contributed by atoms with Crippen molar-refractivity contribution in [1.29, 1.82) is 0 Å². The number of pyridine rings is 1. The van der Waals surface area contributed by atoms with Gasteiger partial charge in [-0.05, 0) is 30.5 Å². The molecule has 1 N–H and O–H groups in total. The summed E-state index contributed by atoms with van der Waals surface area (Å²) in [6.45, 7) is 12.3. The van der Waals surface area contributed by atoms with E-state index in [1.54, 1.807) is 0 Å². The molecule has 8 heteroatoms. The van der Waals surface area contributed by atoms with Crippen molar-refractivity contribution in [3.05, 3.63) is 47.0 Å². The Kier molecular flexibility index (Phi) is 7.92. The summed E-state index contributed by atoms with van der Waals surface area (Å²) < 4.78 is 16.9. The number of nitrogens with zero attached hydrogens (tertiary/aromatic N) is 4. The molecule has 2 aliphatic rings. The minimum atomic E-state index is 0.588. The highest BCUT2D eigenvalue weighted by Crippen LogP contribution is 2.25. The molecule has 0 amide bonds. The zero-order valence-electron chi connectivity index (χ0n) is 19.0. The molecule has 0 radical (unpaired) electrons. The summed E-state index contributed by atoms with van der Waals surface area (Å²) in [7, 11) is 0. The fourth-order valence-corrected chi connectivity index (χ4v) is 3.75. The Balaban J connectivity index is 1.43. The molecule has 2 saturated heterocycles. The lowest BCUT2D eigenvalue weighted by molar-refractivity contribution is 0.0320. The van der Waals surface area contributed by atoms with Crippen LogP contribution in [0.2, 0.25) is 0 Å². The van der Waals surface area contributed by atoms with E-state index in [9.17, 15) is 0 Å². The second-order valence-corrected chi connectivity index (χ2v) is 8.16. The molecule has 2 fully saturated rings. The average molecular weight is 440 g/mol. The maximum atomic E-state index is 6.03. The zero-order valence-corrected chi connectivity index (χ0v) is 19.0. The first-order chi connectivity index (χ1) is 15.7. The van der Waals surface area contributed by atoms with Crippen LogP contribution >= 0.6 is 0 Å². The molecular formula is C24H33N5O3. The van der Waals surface area contributed by atoms with E-state index in [1.807, 2.05) is 18.3 Å². The lowest BCUT2D eigenvalue weighted by Gasteiger charge is -2.29. The van der Waals surface area contributed by atoms with Crippen molar-refractivity contribution >= 4 is 17.7 Å². The van der Waals surface area contributed by atoms with Crippen LogP contribution in [0.5, 0.6) is 5.88 Å². The number of benzene rings is 1. The van der Waals surface area contributed by atoms with Crippen LogP contribution in [0.1, 0.15) is 16.7 Å². The highest BCUT2D eigenvalue weighted by molar-refractivity contribution is 5.80. The third-order valence-corrected chi connectivity index (χ3v) is 5.85. The van der Waals surface area contributed by atoms with Crippen LogP contribution in [0.25, 0.3) is 0 Å². The van der Waals surface area contributed by atoms with Crippen LogP contribution < -0.4 is 15.1 Å². The van der Waals surface area contributed by atoms with E-state index in [0.717, 1.165) is 70.4 Å². The van der Waals surface area contributed by atoms with E-state index in [2.05, 4.69) is 57.4 Å². The number of aromatic nitrogens is 1. The predicted molar refractivity (Wildman–Crippen MR) is 127 cm³/mol. The third kappa shape index (κ3) is 6.41. The minimum Gasteiger partial charge on any atom is -0.476 e. The van der Waals surface area contributed by atoms with Crippen molar-refractivity contribution in [2.75, 3.05) is 76.1 Å². The van der Waals surface area contributed by atoms with Gasteiger partial charge in [-0.25, -0.2) is 0 Å². The van der Waals surface area contributed by atoms with Crippen molar-refractivity contribution in [2.45, 2.75) is 13.8 Å². The number of hydrazone groups is 1. The Labute approximate surface area is 190 Å². The van der Waals surface area contributed by atoms with E-state index in [0.29, 0.717) is 18.3 Å². The van der Waals surface area contributed by atoms with E-state index >= 15 is 0 Å². The zero-order chi connectivity index (χ0) is 22.2. The summed E-state index contributed by atoms with van der Waals surface area (Å²) >= 11 is 0. The molecule has 0 bridgehead atoms. The van der Waals surface area contributed by atoms with E-state index in [1.165, 1.54) is 11.1 Å². The molecule has 0 saturated carbocycles. The standard InChI is InChI=1S/C24H33N5O3/c1-19-3-4-21(15-20(19)2)18-25-27-23-16-22(29-8-12-31-13-9-29)17-24(26-23)32-14-7-28-5-10-30-11-6-28/h3-4,15-18H,5-14H2,1-2H3,(H,26,27). The van der Waals surface area contributed by atoms with Crippen molar-refractivity contribution in [1.82, 2.24) is 9.88 Å². The molecule has 0 aliphatic carbocycles. The maximum Gasteiger partial charge on any atom is 0.217 e. The molecule has 3 heterocycles. The van der Waals surface area contributed by atoms with Gasteiger partial charge in [-0.2, -0.15) is 10.1 Å². The van der Waals surface area contributed by atoms with Gasteiger partial charge in [0.2, 0.25) is 5.88 Å². The summed E-state index contributed by atoms with van der Waals surface area (Å²) in [5.74, 6) is 1.27. The number of morpholine rings is 2. The molecule has 172 valence electrons. The normalized spacial score (nSPS) is 17.6. The number of ether oxygens (including phenoxy) is 3. The lowest BCUT2D eigenvalue weighted by Crippen LogP contribution is -2.38. The highest BCUT2D eigenvalue weighted by atomic mass is 16.5. The van der Waals surface area contributed by atoms with Gasteiger partial charge in [-0.3, -0.25) is 10.3 Å². The molecule has 1 aromatic heterocycles. The second-order valence-electron chi connectivity index (χ2n) is 8.16. The van der Waals surface area contributed by atoms with Crippen LogP contribution in [0.3, 0.4) is 0 Å². The van der Waals surface area contributed by atoms with Crippen molar-refractivity contribution in [3.63, 3.8) is 0 Å². The molecule has 1 aromatic carbocycles. The Hall–Kier alpha value is -2.68. The Bertz CT molecular complexity index is 909. The van der Waals surface area contributed by atoms with Crippen molar-refractivity contribution < 1.29 is 14.2 Å². The second kappa shape index (κ2) is 11.3. The van der Waals surface area contributed by atoms with Gasteiger partial charge in [0.1, 0.15) is 6.61 Å². The van der Waals surface area contributed by atoms with Gasteiger partial charge >= 0.3 is 0 Å². The lowest BCUT2D eigenvalue weighted by atomic mass is 10.1. The van der Waals surface area contributed by atoms with E-state index in [4.69, 9.17) is 14.2 Å². The van der Waals surface area contributed by atoms with Crippen molar-refractivity contribution in [2.24, 2.45) is 5.10 Å². The molecule has 8 nitrogen and oxygen atoms in total. The fraction of sp³-hybridized carbons (Fsp3) is 0.500. The quantitative estimate of drug-likeness (QED) is 0.501. The molecule has 2 aromatic rings. The van der Waals surface area contributed by atoms with Gasteiger partial charge in [0.25, 0.3) is 0 Å². The first kappa shape index (κ1) is 22.5. The molecule has 0 spiro atoms. The van der Waals surface area contributed by atoms with Crippen LogP contribution in [0.15, 0.2) is 35.4 Å². The van der Waals surface area contributed by atoms with Crippen LogP contribution in [-0.4, -0.2) is 81.9 Å². The number of nitrogens with one attached hydrogen (secondary N) is 1. The summed E-state index contributed by atoms with van der Waals surface area (Å²) in [5.41, 5.74) is 7.71. The number of hydrogen-bond acceptors (Lipinski definition) is 8. The summed E-state index contributed by atoms with van der Waals surface area (Å²) in [6, 6.07) is 10.3. The highest BCUT2D eigenvalue weighted by Gasteiger charge is 2.15. The van der Waals surface area contributed by atoms with Gasteiger partial charge in [-0.15, -0.1) is 0 Å². The minimum absolute atomic E-state index is 0.588. The molecule has 32 heavy (non-hydrogen) atoms. The average Bonchev–Trinajstić information content (AvgIpc) is 2.83. The van der Waals surface area contributed by atoms with E-state index in [-0.39, 0.29) is 0 Å². The van der Waals surface area contributed by atoms with Gasteiger partial charge < -0.3 is 19.1 Å². The van der Waals surface area contributed by atoms with Gasteiger partial charge in [0, 0.05) is 50.5 Å². The predicted octanol–water partition coefficient (Wildman–Crippen LogP) is 2.69. The molecule has 0 atom stereocenters. The summed E-state index contributed by atoms with van der Waals surface area (Å²) in [4.78, 5) is 9.27. The first-order valence-corrected chi connectivity index (χ1v) is 11.3. The topological polar surface area (TPSA) is 71.5 Å². The van der Waals surface area contributed by atoms with Gasteiger partial charge in [0.05, 0.1) is 32.6 Å². The Morgan fingerprint density at radius 1 is 1.00 bits per heavy atom. The number of aryl methyl sites for hydroxylation is 2. The number of anilines is 2. The SMILES string of the molecule is Cc1ccc(C=NNc2cc(N3CCOCC3)cc(OCCN3CCOCC3)n2)cc1C. The smallest absolute Gasteiger partial charge is 0.217 e. The van der Waals surface area contributed by atoms with Crippen LogP contribution in [0, 0.1) is 13.8 Å². The van der Waals surface area contributed by atoms with Gasteiger partial charge in [-0.1, -0.05) is 18.2 Å². The molecule has 4 rings (SSSR count). The van der Waals surface area contributed by atoms with Crippen LogP contribution in [0.4, 0.5) is 11.5 Å². The van der Waals surface area contributed by atoms with Crippen molar-refractivity contribution in [3.8, 4) is 5.88 Å². The Morgan fingerprint density at radius 2 is 1.75 bits per heavy atom.